The van der Waals surface area contributed by atoms with Crippen molar-refractivity contribution in [3.63, 3.8) is 0 Å². The zero-order valence-corrected chi connectivity index (χ0v) is 12.5. The van der Waals surface area contributed by atoms with Gasteiger partial charge in [0.25, 0.3) is 0 Å². The van der Waals surface area contributed by atoms with E-state index in [4.69, 9.17) is 0 Å². The van der Waals surface area contributed by atoms with Crippen molar-refractivity contribution in [2.75, 3.05) is 7.05 Å². The summed E-state index contributed by atoms with van der Waals surface area (Å²) >= 11 is 0. The molecule has 4 nitrogen and oxygen atoms in total. The third-order valence-corrected chi connectivity index (χ3v) is 5.88. The predicted octanol–water partition coefficient (Wildman–Crippen LogP) is 2.14. The van der Waals surface area contributed by atoms with Crippen LogP contribution in [0, 0.1) is 0 Å². The van der Waals surface area contributed by atoms with Gasteiger partial charge in [-0.15, -0.1) is 0 Å². The van der Waals surface area contributed by atoms with E-state index in [0.717, 1.165) is 10.8 Å². The Balaban J connectivity index is 2.60. The molecule has 1 amide bonds. The number of nitrogens with one attached hydrogen (secondary N) is 1. The van der Waals surface area contributed by atoms with Gasteiger partial charge in [-0.3, -0.25) is 4.79 Å². The van der Waals surface area contributed by atoms with Crippen LogP contribution >= 0.6 is 0 Å². The van der Waals surface area contributed by atoms with E-state index in [1.165, 1.54) is 20.9 Å². The summed E-state index contributed by atoms with van der Waals surface area (Å²) in [6.45, 7) is 2.83. The number of hydrogen-bond acceptors (Lipinski definition) is 3. The summed E-state index contributed by atoms with van der Waals surface area (Å²) in [6, 6.07) is 12.4. The Labute approximate surface area is 118 Å². The number of amides is 1. The Morgan fingerprint density at radius 2 is 1.65 bits per heavy atom. The van der Waals surface area contributed by atoms with Gasteiger partial charge in [0.15, 0.2) is 9.84 Å². The minimum Gasteiger partial charge on any atom is -0.358 e. The molecular weight excluding hydrogens is 274 g/mol. The summed E-state index contributed by atoms with van der Waals surface area (Å²) in [5, 5.41) is 4.20. The molecule has 2 aromatic carbocycles. The van der Waals surface area contributed by atoms with Gasteiger partial charge in [-0.05, 0) is 36.8 Å². The van der Waals surface area contributed by atoms with Crippen LogP contribution in [0.15, 0.2) is 47.4 Å². The molecule has 2 rings (SSSR count). The number of sulfone groups is 1. The van der Waals surface area contributed by atoms with E-state index in [0.29, 0.717) is 0 Å². The van der Waals surface area contributed by atoms with Crippen LogP contribution in [-0.2, 0) is 14.6 Å². The Morgan fingerprint density at radius 1 is 1.05 bits per heavy atom. The molecule has 0 aliphatic rings. The molecule has 0 aliphatic carbocycles. The van der Waals surface area contributed by atoms with Gasteiger partial charge in [-0.2, -0.15) is 0 Å². The molecule has 0 saturated carbocycles. The summed E-state index contributed by atoms with van der Waals surface area (Å²) in [6.07, 6.45) is 0. The lowest BCUT2D eigenvalue weighted by Crippen LogP contribution is -2.46. The first-order valence-corrected chi connectivity index (χ1v) is 7.74. The van der Waals surface area contributed by atoms with Crippen LogP contribution < -0.4 is 5.32 Å². The monoisotopic (exact) mass is 291 g/mol. The zero-order valence-electron chi connectivity index (χ0n) is 11.7. The molecule has 0 aromatic heterocycles. The van der Waals surface area contributed by atoms with E-state index in [-0.39, 0.29) is 4.90 Å². The molecule has 0 aliphatic heterocycles. The van der Waals surface area contributed by atoms with Gasteiger partial charge in [0.1, 0.15) is 4.75 Å². The molecule has 5 heteroatoms. The van der Waals surface area contributed by atoms with Crippen LogP contribution in [0.1, 0.15) is 13.8 Å². The van der Waals surface area contributed by atoms with Crippen molar-refractivity contribution in [3.05, 3.63) is 42.5 Å². The standard InChI is InChI=1S/C15H17NO3S/c1-15(2,14(17)16-3)20(18,19)13-9-8-11-6-4-5-7-12(11)10-13/h4-10H,1-3H3,(H,16,17). The minimum absolute atomic E-state index is 0.157. The van der Waals surface area contributed by atoms with Gasteiger partial charge in [0.2, 0.25) is 5.91 Å². The summed E-state index contributed by atoms with van der Waals surface area (Å²) < 4.78 is 23.8. The minimum atomic E-state index is -3.75. The molecule has 0 heterocycles. The lowest BCUT2D eigenvalue weighted by atomic mass is 10.1. The van der Waals surface area contributed by atoms with Crippen LogP contribution in [-0.4, -0.2) is 26.1 Å². The Bertz CT molecular complexity index is 764. The zero-order chi connectivity index (χ0) is 15.0. The van der Waals surface area contributed by atoms with E-state index in [9.17, 15) is 13.2 Å². The highest BCUT2D eigenvalue weighted by Gasteiger charge is 2.42. The maximum absolute atomic E-state index is 12.6. The topological polar surface area (TPSA) is 63.2 Å². The molecule has 1 N–H and O–H groups in total. The highest BCUT2D eigenvalue weighted by Crippen LogP contribution is 2.28. The summed E-state index contributed by atoms with van der Waals surface area (Å²) in [4.78, 5) is 12.0. The number of fused-ring (bicyclic) bond motifs is 1. The average molecular weight is 291 g/mol. The van der Waals surface area contributed by atoms with Crippen molar-refractivity contribution in [1.29, 1.82) is 0 Å². The van der Waals surface area contributed by atoms with Crippen molar-refractivity contribution in [1.82, 2.24) is 5.32 Å². The molecule has 0 spiro atoms. The van der Waals surface area contributed by atoms with Gasteiger partial charge in [-0.1, -0.05) is 30.3 Å². The second-order valence-corrected chi connectivity index (χ2v) is 7.60. The number of carbonyl (C=O) groups is 1. The molecule has 0 unspecified atom stereocenters. The Hall–Kier alpha value is -1.88. The normalized spacial score (nSPS) is 12.3. The first-order valence-electron chi connectivity index (χ1n) is 6.26. The molecule has 0 atom stereocenters. The Kier molecular flexibility index (Phi) is 3.56. The summed E-state index contributed by atoms with van der Waals surface area (Å²) in [7, 11) is -2.32. The van der Waals surface area contributed by atoms with E-state index in [1.54, 1.807) is 18.2 Å². The van der Waals surface area contributed by atoms with E-state index < -0.39 is 20.5 Å². The smallest absolute Gasteiger partial charge is 0.241 e. The lowest BCUT2D eigenvalue weighted by Gasteiger charge is -2.23. The maximum atomic E-state index is 12.6. The molecular formula is C15H17NO3S. The van der Waals surface area contributed by atoms with E-state index in [1.807, 2.05) is 24.3 Å². The van der Waals surface area contributed by atoms with Gasteiger partial charge < -0.3 is 5.32 Å². The van der Waals surface area contributed by atoms with Crippen LogP contribution in [0.2, 0.25) is 0 Å². The first kappa shape index (κ1) is 14.5. The fraction of sp³-hybridized carbons (Fsp3) is 0.267. The fourth-order valence-electron chi connectivity index (χ4n) is 2.05. The highest BCUT2D eigenvalue weighted by molar-refractivity contribution is 7.93. The number of hydrogen-bond donors (Lipinski definition) is 1. The van der Waals surface area contributed by atoms with E-state index in [2.05, 4.69) is 5.32 Å². The summed E-state index contributed by atoms with van der Waals surface area (Å²) in [5.74, 6) is -0.523. The van der Waals surface area contributed by atoms with Crippen LogP contribution in [0.5, 0.6) is 0 Å². The van der Waals surface area contributed by atoms with Gasteiger partial charge in [0, 0.05) is 7.05 Å². The lowest BCUT2D eigenvalue weighted by molar-refractivity contribution is -0.122. The molecule has 0 radical (unpaired) electrons. The number of carbonyl (C=O) groups excluding carboxylic acids is 1. The van der Waals surface area contributed by atoms with Gasteiger partial charge in [-0.25, -0.2) is 8.42 Å². The molecule has 0 saturated heterocycles. The largest absolute Gasteiger partial charge is 0.358 e. The van der Waals surface area contributed by atoms with Crippen LogP contribution in [0.25, 0.3) is 10.8 Å². The molecule has 0 fully saturated rings. The van der Waals surface area contributed by atoms with E-state index >= 15 is 0 Å². The SMILES string of the molecule is CNC(=O)C(C)(C)S(=O)(=O)c1ccc2ccccc2c1. The second-order valence-electron chi connectivity index (χ2n) is 5.10. The molecule has 20 heavy (non-hydrogen) atoms. The first-order chi connectivity index (χ1) is 9.30. The van der Waals surface area contributed by atoms with Gasteiger partial charge in [0.05, 0.1) is 4.90 Å². The average Bonchev–Trinajstić information content (AvgIpc) is 2.45. The third kappa shape index (κ3) is 2.18. The molecule has 2 aromatic rings. The van der Waals surface area contributed by atoms with Crippen LogP contribution in [0.4, 0.5) is 0 Å². The third-order valence-electron chi connectivity index (χ3n) is 3.48. The number of benzene rings is 2. The second kappa shape index (κ2) is 4.90. The van der Waals surface area contributed by atoms with Gasteiger partial charge >= 0.3 is 0 Å². The highest BCUT2D eigenvalue weighted by atomic mass is 32.2. The maximum Gasteiger partial charge on any atom is 0.241 e. The fourth-order valence-corrected chi connectivity index (χ4v) is 3.52. The predicted molar refractivity (Wildman–Crippen MR) is 79.3 cm³/mol. The quantitative estimate of drug-likeness (QED) is 0.942. The molecule has 106 valence electrons. The van der Waals surface area contributed by atoms with Crippen LogP contribution in [0.3, 0.4) is 0 Å². The molecule has 0 bridgehead atoms. The van der Waals surface area contributed by atoms with Crippen molar-refractivity contribution >= 4 is 26.5 Å². The van der Waals surface area contributed by atoms with Crippen molar-refractivity contribution < 1.29 is 13.2 Å². The van der Waals surface area contributed by atoms with Crippen molar-refractivity contribution in [2.24, 2.45) is 0 Å². The Morgan fingerprint density at radius 3 is 2.25 bits per heavy atom. The summed E-state index contributed by atoms with van der Waals surface area (Å²) in [5.41, 5.74) is 0. The number of rotatable bonds is 3. The van der Waals surface area contributed by atoms with Crippen molar-refractivity contribution in [2.45, 2.75) is 23.5 Å². The van der Waals surface area contributed by atoms with Crippen molar-refractivity contribution in [3.8, 4) is 0 Å².